The van der Waals surface area contributed by atoms with E-state index < -0.39 is 5.97 Å². The predicted octanol–water partition coefficient (Wildman–Crippen LogP) is 4.06. The van der Waals surface area contributed by atoms with Crippen LogP contribution in [0.4, 0.5) is 11.8 Å². The first-order chi connectivity index (χ1) is 10.6. The number of benzene rings is 1. The number of halogens is 2. The first-order valence-corrected chi connectivity index (χ1v) is 6.90. The third-order valence-corrected chi connectivity index (χ3v) is 3.53. The molecule has 8 heteroatoms. The van der Waals surface area contributed by atoms with E-state index in [-0.39, 0.29) is 11.7 Å². The van der Waals surface area contributed by atoms with Crippen molar-refractivity contribution in [1.29, 1.82) is 0 Å². The lowest BCUT2D eigenvalue weighted by Gasteiger charge is -2.02. The number of methoxy groups -OCH3 is 1. The second-order valence-corrected chi connectivity index (χ2v) is 5.09. The van der Waals surface area contributed by atoms with Gasteiger partial charge < -0.3 is 9.15 Å². The molecule has 0 fully saturated rings. The number of anilines is 2. The van der Waals surface area contributed by atoms with Crippen LogP contribution >= 0.6 is 23.2 Å². The summed E-state index contributed by atoms with van der Waals surface area (Å²) in [5.41, 5.74) is 1.22. The summed E-state index contributed by atoms with van der Waals surface area (Å²) in [6.07, 6.45) is 0. The molecule has 0 radical (unpaired) electrons. The standard InChI is InChI=1S/C14H9Cl2N3O3/c1-21-13(20)9-3-2-4-12(17-9)19-14-18-10-5-7(15)8(16)6-11(10)22-14/h2-6H,1H3,(H,17,18,19). The molecule has 3 aromatic rings. The van der Waals surface area contributed by atoms with Gasteiger partial charge in [-0.15, -0.1) is 0 Å². The third-order valence-electron chi connectivity index (χ3n) is 2.81. The highest BCUT2D eigenvalue weighted by molar-refractivity contribution is 6.42. The quantitative estimate of drug-likeness (QED) is 0.726. The fraction of sp³-hybridized carbons (Fsp3) is 0.0714. The molecule has 22 heavy (non-hydrogen) atoms. The van der Waals surface area contributed by atoms with Crippen molar-refractivity contribution < 1.29 is 13.9 Å². The summed E-state index contributed by atoms with van der Waals surface area (Å²) in [4.78, 5) is 19.8. The maximum Gasteiger partial charge on any atom is 0.356 e. The smallest absolute Gasteiger partial charge is 0.356 e. The normalized spacial score (nSPS) is 10.7. The zero-order chi connectivity index (χ0) is 15.7. The molecule has 0 amide bonds. The van der Waals surface area contributed by atoms with Crippen LogP contribution in [-0.2, 0) is 4.74 Å². The van der Waals surface area contributed by atoms with E-state index in [0.717, 1.165) is 0 Å². The summed E-state index contributed by atoms with van der Waals surface area (Å²) in [6, 6.07) is 8.27. The molecule has 0 aliphatic heterocycles. The summed E-state index contributed by atoms with van der Waals surface area (Å²) in [7, 11) is 1.29. The number of hydrogen-bond acceptors (Lipinski definition) is 6. The van der Waals surface area contributed by atoms with Crippen LogP contribution in [0.3, 0.4) is 0 Å². The SMILES string of the molecule is COC(=O)c1cccc(Nc2nc3cc(Cl)c(Cl)cc3o2)n1. The molecule has 112 valence electrons. The fourth-order valence-electron chi connectivity index (χ4n) is 1.81. The summed E-state index contributed by atoms with van der Waals surface area (Å²) in [5, 5.41) is 3.64. The number of pyridine rings is 1. The van der Waals surface area contributed by atoms with Gasteiger partial charge in [0.05, 0.1) is 17.2 Å². The number of nitrogens with one attached hydrogen (secondary N) is 1. The average Bonchev–Trinajstić information content (AvgIpc) is 2.88. The molecular formula is C14H9Cl2N3O3. The molecule has 0 spiro atoms. The highest BCUT2D eigenvalue weighted by atomic mass is 35.5. The lowest BCUT2D eigenvalue weighted by molar-refractivity contribution is 0.0594. The molecular weight excluding hydrogens is 329 g/mol. The number of hydrogen-bond donors (Lipinski definition) is 1. The lowest BCUT2D eigenvalue weighted by atomic mass is 10.3. The minimum atomic E-state index is -0.528. The van der Waals surface area contributed by atoms with Gasteiger partial charge in [0.1, 0.15) is 11.3 Å². The van der Waals surface area contributed by atoms with E-state index in [9.17, 15) is 4.79 Å². The maximum absolute atomic E-state index is 11.5. The van der Waals surface area contributed by atoms with E-state index in [4.69, 9.17) is 27.6 Å². The Labute approximate surface area is 135 Å². The number of rotatable bonds is 3. The summed E-state index contributed by atoms with van der Waals surface area (Å²) < 4.78 is 10.1. The molecule has 6 nitrogen and oxygen atoms in total. The Morgan fingerprint density at radius 2 is 2.00 bits per heavy atom. The van der Waals surface area contributed by atoms with E-state index in [0.29, 0.717) is 27.0 Å². The molecule has 0 aliphatic rings. The van der Waals surface area contributed by atoms with Crippen molar-refractivity contribution in [3.8, 4) is 0 Å². The minimum Gasteiger partial charge on any atom is -0.464 e. The highest BCUT2D eigenvalue weighted by Gasteiger charge is 2.11. The topological polar surface area (TPSA) is 77.2 Å². The summed E-state index contributed by atoms with van der Waals surface area (Å²) >= 11 is 11.9. The number of oxazole rings is 1. The Morgan fingerprint density at radius 1 is 1.23 bits per heavy atom. The molecule has 0 saturated heterocycles. The Morgan fingerprint density at radius 3 is 2.77 bits per heavy atom. The Hall–Kier alpha value is -2.31. The zero-order valence-corrected chi connectivity index (χ0v) is 12.8. The highest BCUT2D eigenvalue weighted by Crippen LogP contribution is 2.30. The monoisotopic (exact) mass is 337 g/mol. The van der Waals surface area contributed by atoms with Crippen molar-refractivity contribution in [1.82, 2.24) is 9.97 Å². The zero-order valence-electron chi connectivity index (χ0n) is 11.3. The van der Waals surface area contributed by atoms with Crippen LogP contribution in [0, 0.1) is 0 Å². The molecule has 1 N–H and O–H groups in total. The van der Waals surface area contributed by atoms with Gasteiger partial charge in [0.2, 0.25) is 0 Å². The van der Waals surface area contributed by atoms with Crippen LogP contribution in [0.1, 0.15) is 10.5 Å². The van der Waals surface area contributed by atoms with Crippen molar-refractivity contribution >= 4 is 52.1 Å². The Kier molecular flexibility index (Phi) is 3.87. The maximum atomic E-state index is 11.5. The van der Waals surface area contributed by atoms with Gasteiger partial charge in [-0.3, -0.25) is 5.32 Å². The molecule has 1 aromatic carbocycles. The Bertz CT molecular complexity index is 825. The van der Waals surface area contributed by atoms with Crippen molar-refractivity contribution in [2.24, 2.45) is 0 Å². The van der Waals surface area contributed by atoms with E-state index in [1.165, 1.54) is 7.11 Å². The van der Waals surface area contributed by atoms with Crippen molar-refractivity contribution in [3.05, 3.63) is 46.1 Å². The van der Waals surface area contributed by atoms with Gasteiger partial charge in [-0.1, -0.05) is 29.3 Å². The van der Waals surface area contributed by atoms with Crippen molar-refractivity contribution in [2.45, 2.75) is 0 Å². The van der Waals surface area contributed by atoms with E-state index in [2.05, 4.69) is 20.0 Å². The van der Waals surface area contributed by atoms with Gasteiger partial charge in [0.25, 0.3) is 0 Å². The van der Waals surface area contributed by atoms with E-state index in [1.54, 1.807) is 30.3 Å². The van der Waals surface area contributed by atoms with E-state index in [1.807, 2.05) is 0 Å². The minimum absolute atomic E-state index is 0.176. The molecule has 0 atom stereocenters. The van der Waals surface area contributed by atoms with Crippen LogP contribution in [0.5, 0.6) is 0 Å². The largest absolute Gasteiger partial charge is 0.464 e. The number of nitrogens with zero attached hydrogens (tertiary/aromatic N) is 2. The second kappa shape index (κ2) is 5.82. The van der Waals surface area contributed by atoms with Crippen molar-refractivity contribution in [3.63, 3.8) is 0 Å². The lowest BCUT2D eigenvalue weighted by Crippen LogP contribution is -2.05. The van der Waals surface area contributed by atoms with Gasteiger partial charge in [-0.05, 0) is 18.2 Å². The van der Waals surface area contributed by atoms with Crippen LogP contribution in [0.25, 0.3) is 11.1 Å². The first kappa shape index (κ1) is 14.6. The fourth-order valence-corrected chi connectivity index (χ4v) is 2.12. The average molecular weight is 338 g/mol. The van der Waals surface area contributed by atoms with Crippen LogP contribution in [-0.4, -0.2) is 23.0 Å². The molecule has 0 aliphatic carbocycles. The van der Waals surface area contributed by atoms with Gasteiger partial charge in [-0.25, -0.2) is 9.78 Å². The van der Waals surface area contributed by atoms with Gasteiger partial charge in [0, 0.05) is 6.07 Å². The van der Waals surface area contributed by atoms with Crippen molar-refractivity contribution in [2.75, 3.05) is 12.4 Å². The number of esters is 1. The van der Waals surface area contributed by atoms with Crippen LogP contribution < -0.4 is 5.32 Å². The van der Waals surface area contributed by atoms with Gasteiger partial charge in [0.15, 0.2) is 11.3 Å². The molecule has 0 unspecified atom stereocenters. The third kappa shape index (κ3) is 2.84. The number of carbonyl (C=O) groups excluding carboxylic acids is 1. The van der Waals surface area contributed by atoms with Gasteiger partial charge in [-0.2, -0.15) is 4.98 Å². The first-order valence-electron chi connectivity index (χ1n) is 6.15. The van der Waals surface area contributed by atoms with Crippen LogP contribution in [0.15, 0.2) is 34.7 Å². The number of aromatic nitrogens is 2. The van der Waals surface area contributed by atoms with E-state index >= 15 is 0 Å². The molecule has 2 aromatic heterocycles. The van der Waals surface area contributed by atoms with Crippen LogP contribution in [0.2, 0.25) is 10.0 Å². The Balaban J connectivity index is 1.91. The number of ether oxygens (including phenoxy) is 1. The number of fused-ring (bicyclic) bond motifs is 1. The second-order valence-electron chi connectivity index (χ2n) is 4.28. The molecule has 2 heterocycles. The molecule has 0 saturated carbocycles. The van der Waals surface area contributed by atoms with Gasteiger partial charge >= 0.3 is 12.0 Å². The number of carbonyl (C=O) groups is 1. The summed E-state index contributed by atoms with van der Waals surface area (Å²) in [5.74, 6) is -0.133. The predicted molar refractivity (Wildman–Crippen MR) is 82.9 cm³/mol. The summed E-state index contributed by atoms with van der Waals surface area (Å²) in [6.45, 7) is 0. The molecule has 3 rings (SSSR count). The molecule has 0 bridgehead atoms.